The van der Waals surface area contributed by atoms with Crippen LogP contribution in [0.1, 0.15) is 51.4 Å². The third-order valence-corrected chi connectivity index (χ3v) is 2.56. The van der Waals surface area contributed by atoms with Crippen molar-refractivity contribution in [2.75, 3.05) is 6.61 Å². The maximum Gasteiger partial charge on any atom is 0.109 e. The minimum Gasteiger partial charge on any atom is -0.396 e. The fourth-order valence-electron chi connectivity index (χ4n) is 1.31. The zero-order valence-corrected chi connectivity index (χ0v) is 9.80. The normalized spacial score (nSPS) is 13.2. The van der Waals surface area contributed by atoms with Crippen molar-refractivity contribution in [1.29, 1.82) is 0 Å². The number of alkyl halides is 1. The molecule has 0 rings (SSSR count). The minimum atomic E-state index is -0.318. The molecule has 1 atom stereocenters. The van der Waals surface area contributed by atoms with Gasteiger partial charge < -0.3 is 10.2 Å². The van der Waals surface area contributed by atoms with E-state index in [9.17, 15) is 0 Å². The summed E-state index contributed by atoms with van der Waals surface area (Å²) in [5.41, 5.74) is 0. The molecule has 1 unspecified atom stereocenters. The average Bonchev–Trinajstić information content (AvgIpc) is 2.09. The topological polar surface area (TPSA) is 40.5 Å². The highest BCUT2D eigenvalue weighted by Crippen LogP contribution is 2.11. The molecular weight excluding hydrogens is 232 g/mol. The predicted octanol–water partition coefficient (Wildman–Crippen LogP) is 2.81. The van der Waals surface area contributed by atoms with Gasteiger partial charge in [0.1, 0.15) is 5.01 Å². The molecule has 2 N–H and O–H groups in total. The van der Waals surface area contributed by atoms with Crippen LogP contribution in [-0.2, 0) is 0 Å². The Bertz CT molecular complexity index is 96.9. The van der Waals surface area contributed by atoms with Crippen LogP contribution in [0.2, 0.25) is 0 Å². The van der Waals surface area contributed by atoms with Crippen molar-refractivity contribution in [2.24, 2.45) is 0 Å². The van der Waals surface area contributed by atoms with Crippen LogP contribution in [-0.4, -0.2) is 21.8 Å². The number of aliphatic hydroxyl groups excluding tert-OH is 2. The highest BCUT2D eigenvalue weighted by atomic mass is 79.9. The van der Waals surface area contributed by atoms with E-state index in [0.717, 1.165) is 25.7 Å². The summed E-state index contributed by atoms with van der Waals surface area (Å²) in [6.07, 6.45) is 9.02. The lowest BCUT2D eigenvalue weighted by atomic mass is 10.1. The van der Waals surface area contributed by atoms with Crippen LogP contribution in [0.15, 0.2) is 0 Å². The Morgan fingerprint density at radius 1 is 0.846 bits per heavy atom. The molecule has 0 heterocycles. The lowest BCUT2D eigenvalue weighted by molar-refractivity contribution is 0.254. The molecule has 0 spiro atoms. The average molecular weight is 253 g/mol. The van der Waals surface area contributed by atoms with E-state index in [1.807, 2.05) is 0 Å². The maximum atomic E-state index is 8.91. The van der Waals surface area contributed by atoms with E-state index in [1.54, 1.807) is 0 Å². The van der Waals surface area contributed by atoms with E-state index in [4.69, 9.17) is 10.2 Å². The Kier molecular flexibility index (Phi) is 10.8. The van der Waals surface area contributed by atoms with Crippen LogP contribution in [0.3, 0.4) is 0 Å². The summed E-state index contributed by atoms with van der Waals surface area (Å²) in [6.45, 7) is 0.329. The molecule has 0 saturated heterocycles. The van der Waals surface area contributed by atoms with Crippen molar-refractivity contribution in [3.8, 4) is 0 Å². The minimum absolute atomic E-state index is 0.318. The second-order valence-electron chi connectivity index (χ2n) is 3.42. The number of unbranched alkanes of at least 4 members (excludes halogenated alkanes) is 6. The summed E-state index contributed by atoms with van der Waals surface area (Å²) in [5, 5.41) is 17.1. The Labute approximate surface area is 89.5 Å². The zero-order chi connectivity index (χ0) is 9.94. The molecule has 0 aromatic carbocycles. The number of aliphatic hydroxyl groups is 2. The Morgan fingerprint density at radius 2 is 1.31 bits per heavy atom. The van der Waals surface area contributed by atoms with Gasteiger partial charge in [-0.2, -0.15) is 0 Å². The lowest BCUT2D eigenvalue weighted by Gasteiger charge is -2.02. The van der Waals surface area contributed by atoms with E-state index >= 15 is 0 Å². The van der Waals surface area contributed by atoms with Crippen LogP contribution in [0.25, 0.3) is 0 Å². The van der Waals surface area contributed by atoms with E-state index in [0.29, 0.717) is 6.61 Å². The van der Waals surface area contributed by atoms with E-state index < -0.39 is 0 Å². The quantitative estimate of drug-likeness (QED) is 0.490. The lowest BCUT2D eigenvalue weighted by Crippen LogP contribution is -1.93. The van der Waals surface area contributed by atoms with Crippen molar-refractivity contribution in [1.82, 2.24) is 0 Å². The van der Waals surface area contributed by atoms with E-state index in [1.165, 1.54) is 25.7 Å². The molecule has 0 aromatic heterocycles. The second kappa shape index (κ2) is 10.5. The van der Waals surface area contributed by atoms with Crippen molar-refractivity contribution < 1.29 is 10.2 Å². The molecule has 2 nitrogen and oxygen atoms in total. The summed E-state index contributed by atoms with van der Waals surface area (Å²) in [4.78, 5) is 0. The van der Waals surface area contributed by atoms with Gasteiger partial charge >= 0.3 is 0 Å². The Hall–Kier alpha value is 0.400. The first-order chi connectivity index (χ1) is 6.27. The highest BCUT2D eigenvalue weighted by Gasteiger charge is 1.96. The van der Waals surface area contributed by atoms with Gasteiger partial charge in [-0.05, 0) is 19.3 Å². The summed E-state index contributed by atoms with van der Waals surface area (Å²) in [6, 6.07) is 0. The molecule has 0 aliphatic carbocycles. The zero-order valence-electron chi connectivity index (χ0n) is 8.21. The maximum absolute atomic E-state index is 8.91. The number of halogens is 1. The molecule has 3 heteroatoms. The first-order valence-corrected chi connectivity index (χ1v) is 6.12. The van der Waals surface area contributed by atoms with Gasteiger partial charge in [0, 0.05) is 6.61 Å². The van der Waals surface area contributed by atoms with Gasteiger partial charge in [0.05, 0.1) is 0 Å². The van der Waals surface area contributed by atoms with Crippen LogP contribution >= 0.6 is 15.9 Å². The molecule has 80 valence electrons. The second-order valence-corrected chi connectivity index (χ2v) is 4.48. The highest BCUT2D eigenvalue weighted by molar-refractivity contribution is 9.09. The molecule has 0 radical (unpaired) electrons. The van der Waals surface area contributed by atoms with Crippen LogP contribution in [0.5, 0.6) is 0 Å². The molecule has 0 amide bonds. The number of hydrogen-bond acceptors (Lipinski definition) is 2. The molecule has 0 saturated carbocycles. The monoisotopic (exact) mass is 252 g/mol. The third kappa shape index (κ3) is 12.4. The number of hydrogen-bond donors (Lipinski definition) is 2. The number of rotatable bonds is 9. The Morgan fingerprint density at radius 3 is 1.77 bits per heavy atom. The van der Waals surface area contributed by atoms with Crippen LogP contribution < -0.4 is 0 Å². The molecule has 0 aliphatic rings. The molecule has 0 fully saturated rings. The summed E-state index contributed by atoms with van der Waals surface area (Å²) in [5.74, 6) is 0. The fraction of sp³-hybridized carbons (Fsp3) is 1.00. The third-order valence-electron chi connectivity index (χ3n) is 2.10. The fourth-order valence-corrected chi connectivity index (χ4v) is 1.63. The van der Waals surface area contributed by atoms with Gasteiger partial charge in [-0.15, -0.1) is 0 Å². The summed E-state index contributed by atoms with van der Waals surface area (Å²) in [7, 11) is 0. The van der Waals surface area contributed by atoms with Crippen LogP contribution in [0, 0.1) is 0 Å². The summed E-state index contributed by atoms with van der Waals surface area (Å²) >= 11 is 3.11. The van der Waals surface area contributed by atoms with Gasteiger partial charge in [-0.1, -0.05) is 48.0 Å². The first kappa shape index (κ1) is 13.4. The largest absolute Gasteiger partial charge is 0.396 e. The molecule has 0 aliphatic heterocycles. The van der Waals surface area contributed by atoms with Crippen LogP contribution in [0.4, 0.5) is 0 Å². The van der Waals surface area contributed by atoms with Gasteiger partial charge in [0.25, 0.3) is 0 Å². The van der Waals surface area contributed by atoms with Gasteiger partial charge in [0.2, 0.25) is 0 Å². The molecular formula is C10H21BrO2. The SMILES string of the molecule is OCCCCCCCCCC(O)Br. The standard InChI is InChI=1S/C10H21BrO2/c11-10(13)8-6-4-2-1-3-5-7-9-12/h10,12-13H,1-9H2. The molecule has 0 aromatic rings. The van der Waals surface area contributed by atoms with Crippen molar-refractivity contribution in [2.45, 2.75) is 56.4 Å². The smallest absolute Gasteiger partial charge is 0.109 e. The van der Waals surface area contributed by atoms with Gasteiger partial charge in [-0.3, -0.25) is 0 Å². The molecule has 0 bridgehead atoms. The molecule has 13 heavy (non-hydrogen) atoms. The van der Waals surface area contributed by atoms with Crippen molar-refractivity contribution >= 4 is 15.9 Å². The van der Waals surface area contributed by atoms with Crippen molar-refractivity contribution in [3.05, 3.63) is 0 Å². The predicted molar refractivity (Wildman–Crippen MR) is 59.0 cm³/mol. The van der Waals surface area contributed by atoms with E-state index in [2.05, 4.69) is 15.9 Å². The first-order valence-electron chi connectivity index (χ1n) is 5.20. The van der Waals surface area contributed by atoms with Gasteiger partial charge in [0.15, 0.2) is 0 Å². The Balaban J connectivity index is 2.84. The van der Waals surface area contributed by atoms with E-state index in [-0.39, 0.29) is 5.01 Å². The van der Waals surface area contributed by atoms with Crippen molar-refractivity contribution in [3.63, 3.8) is 0 Å². The van der Waals surface area contributed by atoms with Gasteiger partial charge in [-0.25, -0.2) is 0 Å². The summed E-state index contributed by atoms with van der Waals surface area (Å²) < 4.78 is 0.